The Hall–Kier alpha value is -2.82. The van der Waals surface area contributed by atoms with E-state index >= 15 is 0 Å². The van der Waals surface area contributed by atoms with Crippen molar-refractivity contribution in [1.29, 1.82) is 0 Å². The van der Waals surface area contributed by atoms with Gasteiger partial charge in [-0.1, -0.05) is 95.5 Å². The van der Waals surface area contributed by atoms with Gasteiger partial charge in [0.25, 0.3) is 5.95 Å². The molecule has 12 atom stereocenters. The number of carbonyl (C=O) groups is 1. The molecule has 2 N–H and O–H groups in total. The van der Waals surface area contributed by atoms with Crippen molar-refractivity contribution in [3.8, 4) is 0 Å². The lowest BCUT2D eigenvalue weighted by Crippen LogP contribution is -2.69. The molecule has 2 aromatic rings. The molecule has 296 valence electrons. The number of esters is 1. The number of allylic oxidation sites excluding steroid dienone is 1. The largest absolute Gasteiger partial charge is 0.461 e. The van der Waals surface area contributed by atoms with Crippen LogP contribution >= 0.6 is 0 Å². The van der Waals surface area contributed by atoms with Gasteiger partial charge >= 0.3 is 5.97 Å². The Morgan fingerprint density at radius 1 is 1.04 bits per heavy atom. The Balaban J connectivity index is 1.18. The number of nitrogens with zero attached hydrogens (tertiary/aromatic N) is 5. The van der Waals surface area contributed by atoms with E-state index in [1.165, 1.54) is 6.42 Å². The van der Waals surface area contributed by atoms with E-state index in [1.54, 1.807) is 10.4 Å². The summed E-state index contributed by atoms with van der Waals surface area (Å²) < 4.78 is 20.3. The second-order valence-electron chi connectivity index (χ2n) is 19.9. The van der Waals surface area contributed by atoms with Crippen LogP contribution in [0.1, 0.15) is 111 Å². The van der Waals surface area contributed by atoms with Crippen molar-refractivity contribution in [2.75, 3.05) is 39.1 Å². The molecule has 3 heterocycles. The van der Waals surface area contributed by atoms with Gasteiger partial charge in [-0.2, -0.15) is 4.80 Å². The van der Waals surface area contributed by atoms with Gasteiger partial charge in [0, 0.05) is 16.9 Å². The minimum absolute atomic E-state index is 0.0278. The number of aromatic nitrogens is 4. The average molecular weight is 743 g/mol. The van der Waals surface area contributed by atoms with Crippen LogP contribution in [0.25, 0.3) is 0 Å². The highest BCUT2D eigenvalue weighted by atomic mass is 16.5. The van der Waals surface area contributed by atoms with Crippen molar-refractivity contribution in [2.45, 2.75) is 125 Å². The molecule has 3 saturated carbocycles. The van der Waals surface area contributed by atoms with E-state index in [2.05, 4.69) is 81.9 Å². The maximum absolute atomic E-state index is 14.8. The Kier molecular flexibility index (Phi) is 9.65. The molecule has 2 unspecified atom stereocenters. The molecule has 4 aliphatic carbocycles. The molecule has 1 aromatic heterocycles. The summed E-state index contributed by atoms with van der Waals surface area (Å²) in [6.07, 6.45) is 10.8. The fourth-order valence-corrected chi connectivity index (χ4v) is 13.7. The Morgan fingerprint density at radius 2 is 1.81 bits per heavy atom. The molecule has 10 nitrogen and oxygen atoms in total. The third-order valence-corrected chi connectivity index (χ3v) is 17.2. The standard InChI is InChI=1S/C44H66N6O4/c1-28(2)29(3)40(4)20-21-42(6)32-16-17-35-41(5)26-52-27-44(35,23-34(50-47-39(45)46-48-50)37(41)53-25-31-15-12-22-49(31)8)33(32)18-19-43(42,7)36(40)38(51)54-24-30-13-10-9-11-14-30/h9-11,13-14,18,28-29,31-32,34-37H,12,15-17,19-27H2,1-8H3,(H2,45,47)/t29-,31?,32+,34-,35+,36-,37+,40-,41+,42-,43+,44?/m1/s1. The molecular weight excluding hydrogens is 677 g/mol. The van der Waals surface area contributed by atoms with Gasteiger partial charge in [0.15, 0.2) is 0 Å². The minimum atomic E-state index is -0.275. The van der Waals surface area contributed by atoms with Crippen LogP contribution in [0, 0.1) is 56.7 Å². The average Bonchev–Trinajstić information content (AvgIpc) is 3.77. The lowest BCUT2D eigenvalue weighted by molar-refractivity contribution is -0.253. The van der Waals surface area contributed by atoms with Crippen molar-refractivity contribution < 1.29 is 19.0 Å². The van der Waals surface area contributed by atoms with Crippen LogP contribution in [0.5, 0.6) is 0 Å². The third-order valence-electron chi connectivity index (χ3n) is 17.2. The van der Waals surface area contributed by atoms with Crippen molar-refractivity contribution >= 4 is 11.9 Å². The Bertz CT molecular complexity index is 1730. The van der Waals surface area contributed by atoms with E-state index in [4.69, 9.17) is 19.9 Å². The number of hydrogen-bond donors (Lipinski definition) is 1. The molecule has 2 bridgehead atoms. The summed E-state index contributed by atoms with van der Waals surface area (Å²) in [5, 5.41) is 13.3. The number of carbonyl (C=O) groups excluding carboxylic acids is 1. The highest BCUT2D eigenvalue weighted by Gasteiger charge is 2.72. The zero-order chi connectivity index (χ0) is 38.3. The monoisotopic (exact) mass is 743 g/mol. The molecule has 2 saturated heterocycles. The second-order valence-corrected chi connectivity index (χ2v) is 19.9. The molecule has 8 rings (SSSR count). The van der Waals surface area contributed by atoms with E-state index in [-0.39, 0.29) is 57.1 Å². The maximum atomic E-state index is 14.8. The Morgan fingerprint density at radius 3 is 2.50 bits per heavy atom. The lowest BCUT2D eigenvalue weighted by Gasteiger charge is -2.71. The zero-order valence-electron chi connectivity index (χ0n) is 34.2. The van der Waals surface area contributed by atoms with Gasteiger partial charge < -0.3 is 24.8 Å². The van der Waals surface area contributed by atoms with E-state index < -0.39 is 0 Å². The number of likely N-dealkylation sites (tertiary alicyclic amines) is 1. The molecule has 0 spiro atoms. The number of rotatable bonds is 9. The number of anilines is 1. The zero-order valence-corrected chi connectivity index (χ0v) is 34.2. The van der Waals surface area contributed by atoms with Gasteiger partial charge in [0.1, 0.15) is 12.6 Å². The van der Waals surface area contributed by atoms with E-state index in [9.17, 15) is 4.79 Å². The molecule has 10 heteroatoms. The number of benzene rings is 1. The number of nitrogens with two attached hydrogens (primary N) is 1. The summed E-state index contributed by atoms with van der Waals surface area (Å²) in [4.78, 5) is 19.0. The predicted octanol–water partition coefficient (Wildman–Crippen LogP) is 7.52. The summed E-state index contributed by atoms with van der Waals surface area (Å²) >= 11 is 0. The topological polar surface area (TPSA) is 118 Å². The van der Waals surface area contributed by atoms with Gasteiger partial charge in [-0.25, -0.2) is 0 Å². The lowest BCUT2D eigenvalue weighted by atomic mass is 9.34. The molecular formula is C44H66N6O4. The molecule has 2 aliphatic heterocycles. The van der Waals surface area contributed by atoms with Gasteiger partial charge in [-0.05, 0) is 116 Å². The van der Waals surface area contributed by atoms with E-state index in [0.717, 1.165) is 57.1 Å². The number of ether oxygens (including phenoxy) is 3. The first kappa shape index (κ1) is 38.1. The second kappa shape index (κ2) is 13.7. The number of nitrogen functional groups attached to an aromatic ring is 1. The number of fused-ring (bicyclic) bond motifs is 3. The van der Waals surface area contributed by atoms with Crippen LogP contribution in [0.4, 0.5) is 5.95 Å². The quantitative estimate of drug-likeness (QED) is 0.206. The summed E-state index contributed by atoms with van der Waals surface area (Å²) in [5.74, 6) is 1.50. The van der Waals surface area contributed by atoms with Gasteiger partial charge in [0.05, 0.1) is 31.8 Å². The molecule has 1 aromatic carbocycles. The van der Waals surface area contributed by atoms with Gasteiger partial charge in [-0.15, -0.1) is 5.10 Å². The van der Waals surface area contributed by atoms with Gasteiger partial charge in [0.2, 0.25) is 0 Å². The van der Waals surface area contributed by atoms with Crippen molar-refractivity contribution in [1.82, 2.24) is 25.1 Å². The maximum Gasteiger partial charge on any atom is 0.310 e. The first-order valence-corrected chi connectivity index (χ1v) is 21.0. The fraction of sp³-hybridized carbons (Fsp3) is 0.773. The van der Waals surface area contributed by atoms with E-state index in [0.29, 0.717) is 56.1 Å². The van der Waals surface area contributed by atoms with Crippen LogP contribution < -0.4 is 5.73 Å². The summed E-state index contributed by atoms with van der Waals surface area (Å²) in [5.41, 5.74) is 7.74. The molecule has 54 heavy (non-hydrogen) atoms. The smallest absolute Gasteiger partial charge is 0.310 e. The van der Waals surface area contributed by atoms with Crippen LogP contribution in [0.15, 0.2) is 42.0 Å². The third kappa shape index (κ3) is 5.65. The highest BCUT2D eigenvalue weighted by Crippen LogP contribution is 2.75. The number of tetrazole rings is 1. The minimum Gasteiger partial charge on any atom is -0.461 e. The molecule has 5 fully saturated rings. The first-order valence-electron chi connectivity index (χ1n) is 21.0. The SMILES string of the molecule is CC(C)[C@@H](C)[C@@]1(C)CC[C@]2(C)[C@H]3CC[C@@H]4C5(COC[C@]4(C)[C@@H](OCC4CCCN4C)[C@H](n4nnc(N)n4)C5)C3=CC[C@@]2(C)[C@@H]1C(=O)OCc1ccccc1. The molecule has 6 aliphatic rings. The van der Waals surface area contributed by atoms with Crippen molar-refractivity contribution in [3.05, 3.63) is 47.5 Å². The summed E-state index contributed by atoms with van der Waals surface area (Å²) in [7, 11) is 2.21. The van der Waals surface area contributed by atoms with Crippen molar-refractivity contribution in [3.63, 3.8) is 0 Å². The number of likely N-dealkylation sites (N-methyl/N-ethyl adjacent to an activating group) is 1. The Labute approximate surface area is 323 Å². The fourth-order valence-electron chi connectivity index (χ4n) is 13.7. The predicted molar refractivity (Wildman–Crippen MR) is 209 cm³/mol. The van der Waals surface area contributed by atoms with Crippen LogP contribution in [0.2, 0.25) is 0 Å². The van der Waals surface area contributed by atoms with Crippen LogP contribution in [0.3, 0.4) is 0 Å². The summed E-state index contributed by atoms with van der Waals surface area (Å²) in [6, 6.07) is 10.4. The number of hydrogen-bond acceptors (Lipinski definition) is 9. The van der Waals surface area contributed by atoms with Gasteiger partial charge in [-0.3, -0.25) is 4.79 Å². The molecule has 0 amide bonds. The van der Waals surface area contributed by atoms with Crippen LogP contribution in [-0.4, -0.2) is 76.6 Å². The summed E-state index contributed by atoms with van der Waals surface area (Å²) in [6.45, 7) is 20.2. The van der Waals surface area contributed by atoms with Crippen molar-refractivity contribution in [2.24, 2.45) is 56.7 Å². The highest BCUT2D eigenvalue weighted by molar-refractivity contribution is 5.75. The normalized spacial score (nSPS) is 42.4. The van der Waals surface area contributed by atoms with E-state index in [1.807, 2.05) is 30.3 Å². The first-order chi connectivity index (χ1) is 25.7. The van der Waals surface area contributed by atoms with Crippen LogP contribution in [-0.2, 0) is 25.6 Å². The molecule has 0 radical (unpaired) electrons.